The molecule has 1 aliphatic heterocycles. The number of hydrogen-bond acceptors (Lipinski definition) is 3. The van der Waals surface area contributed by atoms with E-state index in [1.165, 1.54) is 18.9 Å². The topological polar surface area (TPSA) is 28.2 Å². The van der Waals surface area contributed by atoms with E-state index in [1.807, 2.05) is 0 Å². The van der Waals surface area contributed by atoms with Gasteiger partial charge in [0.05, 0.1) is 0 Å². The Morgan fingerprint density at radius 1 is 1.19 bits per heavy atom. The Morgan fingerprint density at radius 2 is 2.00 bits per heavy atom. The molecule has 0 aromatic carbocycles. The maximum absolute atomic E-state index is 12.8. The highest BCUT2D eigenvalue weighted by Gasteiger charge is 2.35. The lowest BCUT2D eigenvalue weighted by molar-refractivity contribution is -0.141. The number of rotatable bonds is 4. The second-order valence-electron chi connectivity index (χ2n) is 5.91. The molecule has 0 spiro atoms. The Bertz CT molecular complexity index is 479. The van der Waals surface area contributed by atoms with Gasteiger partial charge in [0.2, 0.25) is 0 Å². The van der Waals surface area contributed by atoms with Crippen LogP contribution in [0.3, 0.4) is 0 Å². The number of hydrogen-bond donors (Lipinski definition) is 1. The summed E-state index contributed by atoms with van der Waals surface area (Å²) in [6, 6.07) is 4.89. The molecule has 1 saturated carbocycles. The van der Waals surface area contributed by atoms with Crippen molar-refractivity contribution in [1.82, 2.24) is 10.3 Å². The number of nitrogens with one attached hydrogen (secondary N) is 1. The standard InChI is InChI=1S/C15H20F3N3/c16-15(17,18)13-5-3-6-14(20-13)21(12-7-8-12)10-11-4-1-2-9-19-11/h3,5-6,11-12,19H,1-2,4,7-10H2. The first-order chi connectivity index (χ1) is 10.0. The molecule has 0 radical (unpaired) electrons. The van der Waals surface area contributed by atoms with Crippen molar-refractivity contribution in [2.45, 2.75) is 50.4 Å². The van der Waals surface area contributed by atoms with Crippen LogP contribution in [0, 0.1) is 0 Å². The molecule has 1 saturated heterocycles. The second kappa shape index (κ2) is 5.83. The monoisotopic (exact) mass is 299 g/mol. The van der Waals surface area contributed by atoms with E-state index in [1.54, 1.807) is 6.07 Å². The van der Waals surface area contributed by atoms with Crippen LogP contribution in [0.15, 0.2) is 18.2 Å². The SMILES string of the molecule is FC(F)(F)c1cccc(N(CC2CCCCN2)C2CC2)n1. The highest BCUT2D eigenvalue weighted by molar-refractivity contribution is 5.43. The van der Waals surface area contributed by atoms with E-state index in [2.05, 4.69) is 15.2 Å². The van der Waals surface area contributed by atoms with E-state index in [0.717, 1.165) is 38.4 Å². The molecule has 1 atom stereocenters. The van der Waals surface area contributed by atoms with Crippen molar-refractivity contribution >= 4 is 5.82 Å². The van der Waals surface area contributed by atoms with E-state index >= 15 is 0 Å². The summed E-state index contributed by atoms with van der Waals surface area (Å²) in [6.45, 7) is 1.75. The Labute approximate surface area is 122 Å². The van der Waals surface area contributed by atoms with Gasteiger partial charge in [-0.05, 0) is 44.4 Å². The van der Waals surface area contributed by atoms with Gasteiger partial charge in [0.15, 0.2) is 0 Å². The Hall–Kier alpha value is -1.30. The normalized spacial score (nSPS) is 23.1. The molecule has 1 unspecified atom stereocenters. The summed E-state index contributed by atoms with van der Waals surface area (Å²) in [6.07, 6.45) is 1.17. The summed E-state index contributed by atoms with van der Waals surface area (Å²) in [7, 11) is 0. The summed E-state index contributed by atoms with van der Waals surface area (Å²) >= 11 is 0. The predicted molar refractivity (Wildman–Crippen MR) is 75.2 cm³/mol. The van der Waals surface area contributed by atoms with Crippen molar-refractivity contribution in [2.75, 3.05) is 18.0 Å². The molecule has 6 heteroatoms. The maximum atomic E-state index is 12.8. The molecule has 1 aromatic heterocycles. The van der Waals surface area contributed by atoms with Crippen LogP contribution in [-0.2, 0) is 6.18 Å². The predicted octanol–water partition coefficient (Wildman–Crippen LogP) is 3.21. The van der Waals surface area contributed by atoms with E-state index in [4.69, 9.17) is 0 Å². The molecule has 3 nitrogen and oxygen atoms in total. The van der Waals surface area contributed by atoms with Gasteiger partial charge in [0, 0.05) is 18.6 Å². The van der Waals surface area contributed by atoms with E-state index in [-0.39, 0.29) is 0 Å². The van der Waals surface area contributed by atoms with Crippen LogP contribution in [0.25, 0.3) is 0 Å². The highest BCUT2D eigenvalue weighted by atomic mass is 19.4. The van der Waals surface area contributed by atoms with Gasteiger partial charge >= 0.3 is 6.18 Å². The Morgan fingerprint density at radius 3 is 2.62 bits per heavy atom. The molecule has 1 aliphatic carbocycles. The zero-order valence-corrected chi connectivity index (χ0v) is 11.9. The van der Waals surface area contributed by atoms with Crippen LogP contribution in [0.1, 0.15) is 37.8 Å². The minimum Gasteiger partial charge on any atom is -0.352 e. The van der Waals surface area contributed by atoms with Crippen LogP contribution in [0.4, 0.5) is 19.0 Å². The Kier molecular flexibility index (Phi) is 4.06. The van der Waals surface area contributed by atoms with Crippen molar-refractivity contribution in [3.63, 3.8) is 0 Å². The van der Waals surface area contributed by atoms with Gasteiger partial charge in [-0.1, -0.05) is 12.5 Å². The molecule has 1 aromatic rings. The number of anilines is 1. The summed E-state index contributed by atoms with van der Waals surface area (Å²) in [5.74, 6) is 0.458. The van der Waals surface area contributed by atoms with Crippen molar-refractivity contribution < 1.29 is 13.2 Å². The average Bonchev–Trinajstić information content (AvgIpc) is 3.30. The first-order valence-electron chi connectivity index (χ1n) is 7.58. The number of aromatic nitrogens is 1. The minimum absolute atomic E-state index is 0.352. The summed E-state index contributed by atoms with van der Waals surface area (Å²) in [5, 5.41) is 3.46. The number of halogens is 3. The molecular weight excluding hydrogens is 279 g/mol. The van der Waals surface area contributed by atoms with Gasteiger partial charge < -0.3 is 10.2 Å². The average molecular weight is 299 g/mol. The zero-order valence-electron chi connectivity index (χ0n) is 11.9. The summed E-state index contributed by atoms with van der Waals surface area (Å²) < 4.78 is 38.4. The second-order valence-corrected chi connectivity index (χ2v) is 5.91. The van der Waals surface area contributed by atoms with E-state index < -0.39 is 11.9 Å². The first kappa shape index (κ1) is 14.6. The zero-order chi connectivity index (χ0) is 14.9. The molecule has 2 aliphatic rings. The van der Waals surface area contributed by atoms with Gasteiger partial charge in [-0.25, -0.2) is 4.98 Å². The van der Waals surface area contributed by atoms with Crippen molar-refractivity contribution in [3.05, 3.63) is 23.9 Å². The van der Waals surface area contributed by atoms with Gasteiger partial charge in [-0.3, -0.25) is 0 Å². The fraction of sp³-hybridized carbons (Fsp3) is 0.667. The molecule has 21 heavy (non-hydrogen) atoms. The smallest absolute Gasteiger partial charge is 0.352 e. The van der Waals surface area contributed by atoms with Gasteiger partial charge in [-0.15, -0.1) is 0 Å². The molecule has 0 bridgehead atoms. The van der Waals surface area contributed by atoms with Crippen LogP contribution >= 0.6 is 0 Å². The van der Waals surface area contributed by atoms with Crippen LogP contribution in [0.2, 0.25) is 0 Å². The van der Waals surface area contributed by atoms with Crippen molar-refractivity contribution in [3.8, 4) is 0 Å². The van der Waals surface area contributed by atoms with Gasteiger partial charge in [0.1, 0.15) is 11.5 Å². The summed E-state index contributed by atoms with van der Waals surface area (Å²) in [4.78, 5) is 5.90. The summed E-state index contributed by atoms with van der Waals surface area (Å²) in [5.41, 5.74) is -0.803. The number of nitrogens with zero attached hydrogens (tertiary/aromatic N) is 2. The maximum Gasteiger partial charge on any atom is 0.433 e. The van der Waals surface area contributed by atoms with Crippen LogP contribution in [-0.4, -0.2) is 30.2 Å². The van der Waals surface area contributed by atoms with Gasteiger partial charge in [-0.2, -0.15) is 13.2 Å². The molecule has 1 N–H and O–H groups in total. The van der Waals surface area contributed by atoms with E-state index in [0.29, 0.717) is 17.9 Å². The fourth-order valence-electron chi connectivity index (χ4n) is 2.87. The lowest BCUT2D eigenvalue weighted by Gasteiger charge is -2.31. The molecule has 116 valence electrons. The molecular formula is C15H20F3N3. The first-order valence-corrected chi connectivity index (χ1v) is 7.58. The molecule has 2 fully saturated rings. The highest BCUT2D eigenvalue weighted by Crippen LogP contribution is 2.34. The Balaban J connectivity index is 1.77. The van der Waals surface area contributed by atoms with Gasteiger partial charge in [0.25, 0.3) is 0 Å². The number of pyridine rings is 1. The quantitative estimate of drug-likeness (QED) is 0.925. The number of alkyl halides is 3. The largest absolute Gasteiger partial charge is 0.433 e. The third-order valence-electron chi connectivity index (χ3n) is 4.14. The third-order valence-corrected chi connectivity index (χ3v) is 4.14. The lowest BCUT2D eigenvalue weighted by Crippen LogP contribution is -2.45. The van der Waals surface area contributed by atoms with Crippen molar-refractivity contribution in [1.29, 1.82) is 0 Å². The van der Waals surface area contributed by atoms with E-state index in [9.17, 15) is 13.2 Å². The molecule has 2 heterocycles. The van der Waals surface area contributed by atoms with Crippen molar-refractivity contribution in [2.24, 2.45) is 0 Å². The number of piperidine rings is 1. The van der Waals surface area contributed by atoms with Crippen LogP contribution < -0.4 is 10.2 Å². The fourth-order valence-corrected chi connectivity index (χ4v) is 2.87. The molecule has 0 amide bonds. The minimum atomic E-state index is -4.38. The molecule has 3 rings (SSSR count). The van der Waals surface area contributed by atoms with Crippen LogP contribution in [0.5, 0.6) is 0 Å². The third kappa shape index (κ3) is 3.67. The lowest BCUT2D eigenvalue weighted by atomic mass is 10.0.